The molecular formula is C41H24O2. The maximum atomic E-state index is 6.48. The van der Waals surface area contributed by atoms with Crippen molar-refractivity contribution >= 4 is 71.5 Å². The van der Waals surface area contributed by atoms with Gasteiger partial charge in [0.1, 0.15) is 22.3 Å². The van der Waals surface area contributed by atoms with Crippen molar-refractivity contribution in [2.75, 3.05) is 0 Å². The molecule has 0 aliphatic heterocycles. The lowest BCUT2D eigenvalue weighted by Crippen LogP contribution is -1.91. The summed E-state index contributed by atoms with van der Waals surface area (Å²) in [5.74, 6) is 0. The summed E-state index contributed by atoms with van der Waals surface area (Å²) >= 11 is 0. The number of para-hydroxylation sites is 1. The highest BCUT2D eigenvalue weighted by molar-refractivity contribution is 6.26. The molecule has 0 saturated heterocycles. The Morgan fingerprint density at radius 3 is 1.86 bits per heavy atom. The van der Waals surface area contributed by atoms with Crippen molar-refractivity contribution in [3.63, 3.8) is 0 Å². The Morgan fingerprint density at radius 1 is 0.442 bits per heavy atom. The lowest BCUT2D eigenvalue weighted by Gasteiger charge is -2.18. The minimum Gasteiger partial charge on any atom is -0.456 e. The molecule has 0 atom stereocenters. The number of benzene rings is 7. The highest BCUT2D eigenvalue weighted by atomic mass is 16.3. The van der Waals surface area contributed by atoms with Crippen LogP contribution in [0.1, 0.15) is 11.1 Å². The molecule has 0 amide bonds. The fourth-order valence-electron chi connectivity index (χ4n) is 7.49. The Labute approximate surface area is 247 Å². The van der Waals surface area contributed by atoms with E-state index in [0.29, 0.717) is 0 Å². The molecule has 0 unspecified atom stereocenters. The van der Waals surface area contributed by atoms with Crippen LogP contribution in [-0.2, 0) is 6.42 Å². The van der Waals surface area contributed by atoms with Crippen molar-refractivity contribution < 1.29 is 8.83 Å². The zero-order valence-electron chi connectivity index (χ0n) is 23.2. The first-order chi connectivity index (χ1) is 21.3. The zero-order chi connectivity index (χ0) is 28.1. The lowest BCUT2D eigenvalue weighted by molar-refractivity contribution is 0.668. The molecule has 0 spiro atoms. The van der Waals surface area contributed by atoms with Crippen molar-refractivity contribution in [3.8, 4) is 22.3 Å². The molecule has 0 fully saturated rings. The van der Waals surface area contributed by atoms with Crippen LogP contribution in [0.4, 0.5) is 0 Å². The van der Waals surface area contributed by atoms with Gasteiger partial charge in [-0.05, 0) is 91.7 Å². The molecule has 0 saturated carbocycles. The van der Waals surface area contributed by atoms with E-state index in [9.17, 15) is 0 Å². The molecule has 2 aromatic heterocycles. The quantitative estimate of drug-likeness (QED) is 0.201. The van der Waals surface area contributed by atoms with Gasteiger partial charge in [0, 0.05) is 21.5 Å². The van der Waals surface area contributed by atoms with Gasteiger partial charge >= 0.3 is 0 Å². The lowest BCUT2D eigenvalue weighted by atomic mass is 9.84. The first-order valence-corrected chi connectivity index (χ1v) is 14.8. The fourth-order valence-corrected chi connectivity index (χ4v) is 7.49. The van der Waals surface area contributed by atoms with Crippen LogP contribution >= 0.6 is 0 Å². The van der Waals surface area contributed by atoms with Gasteiger partial charge in [0.2, 0.25) is 0 Å². The molecule has 7 aromatic carbocycles. The molecule has 43 heavy (non-hydrogen) atoms. The van der Waals surface area contributed by atoms with E-state index in [0.717, 1.165) is 45.1 Å². The van der Waals surface area contributed by atoms with Gasteiger partial charge in [-0.2, -0.15) is 0 Å². The van der Waals surface area contributed by atoms with Crippen molar-refractivity contribution in [1.29, 1.82) is 0 Å². The van der Waals surface area contributed by atoms with Crippen molar-refractivity contribution in [1.82, 2.24) is 0 Å². The van der Waals surface area contributed by atoms with Gasteiger partial charge in [0.15, 0.2) is 0 Å². The van der Waals surface area contributed by atoms with E-state index >= 15 is 0 Å². The molecule has 9 aromatic rings. The molecule has 10 rings (SSSR count). The van der Waals surface area contributed by atoms with Crippen molar-refractivity contribution in [2.24, 2.45) is 0 Å². The Balaban J connectivity index is 1.33. The Hall–Kier alpha value is -5.60. The second-order valence-electron chi connectivity index (χ2n) is 11.5. The SMILES string of the molecule is C1=Cc2ccc3oc4cccc(-c5c6ccccc6c(-c6ccc7c(c6)oc6ccccc67)c6ccccc56)c4c3c2C1. The second kappa shape index (κ2) is 8.47. The van der Waals surface area contributed by atoms with E-state index in [-0.39, 0.29) is 0 Å². The Kier molecular flexibility index (Phi) is 4.53. The van der Waals surface area contributed by atoms with E-state index in [1.807, 2.05) is 12.1 Å². The summed E-state index contributed by atoms with van der Waals surface area (Å²) in [6.07, 6.45) is 5.42. The van der Waals surface area contributed by atoms with E-state index in [1.165, 1.54) is 60.1 Å². The summed E-state index contributed by atoms with van der Waals surface area (Å²) in [5, 5.41) is 9.64. The average Bonchev–Trinajstić information content (AvgIpc) is 3.78. The first kappa shape index (κ1) is 23.0. The molecule has 200 valence electrons. The van der Waals surface area contributed by atoms with Crippen LogP contribution in [0.5, 0.6) is 0 Å². The molecule has 0 radical (unpaired) electrons. The van der Waals surface area contributed by atoms with E-state index in [1.54, 1.807) is 0 Å². The van der Waals surface area contributed by atoms with Gasteiger partial charge in [0.05, 0.1) is 0 Å². The van der Waals surface area contributed by atoms with Gasteiger partial charge in [0.25, 0.3) is 0 Å². The van der Waals surface area contributed by atoms with Crippen LogP contribution < -0.4 is 0 Å². The number of hydrogen-bond donors (Lipinski definition) is 0. The highest BCUT2D eigenvalue weighted by Gasteiger charge is 2.23. The molecule has 1 aliphatic rings. The van der Waals surface area contributed by atoms with E-state index < -0.39 is 0 Å². The van der Waals surface area contributed by atoms with Crippen LogP contribution in [-0.4, -0.2) is 0 Å². The topological polar surface area (TPSA) is 26.3 Å². The van der Waals surface area contributed by atoms with Gasteiger partial charge < -0.3 is 8.83 Å². The largest absolute Gasteiger partial charge is 0.456 e. The molecule has 2 heterocycles. The van der Waals surface area contributed by atoms with Crippen LogP contribution in [0, 0.1) is 0 Å². The summed E-state index contributed by atoms with van der Waals surface area (Å²) in [6, 6.07) is 43.4. The number of allylic oxidation sites excluding steroid dienone is 1. The third-order valence-corrected chi connectivity index (χ3v) is 9.29. The molecule has 2 nitrogen and oxygen atoms in total. The summed E-state index contributed by atoms with van der Waals surface area (Å²) in [7, 11) is 0. The summed E-state index contributed by atoms with van der Waals surface area (Å²) in [5.41, 5.74) is 11.2. The summed E-state index contributed by atoms with van der Waals surface area (Å²) in [6.45, 7) is 0. The zero-order valence-corrected chi connectivity index (χ0v) is 23.2. The predicted molar refractivity (Wildman–Crippen MR) is 180 cm³/mol. The first-order valence-electron chi connectivity index (χ1n) is 14.8. The van der Waals surface area contributed by atoms with E-state index in [2.05, 4.69) is 121 Å². The third kappa shape index (κ3) is 3.13. The second-order valence-corrected chi connectivity index (χ2v) is 11.5. The monoisotopic (exact) mass is 548 g/mol. The van der Waals surface area contributed by atoms with Crippen LogP contribution in [0.3, 0.4) is 0 Å². The van der Waals surface area contributed by atoms with Crippen LogP contribution in [0.15, 0.2) is 136 Å². The molecular weight excluding hydrogens is 524 g/mol. The van der Waals surface area contributed by atoms with Gasteiger partial charge in [-0.15, -0.1) is 0 Å². The van der Waals surface area contributed by atoms with Gasteiger partial charge in [-0.1, -0.05) is 103 Å². The van der Waals surface area contributed by atoms with E-state index in [4.69, 9.17) is 8.83 Å². The minimum atomic E-state index is 0.910. The Bertz CT molecular complexity index is 2590. The van der Waals surface area contributed by atoms with Crippen LogP contribution in [0.25, 0.3) is 93.8 Å². The third-order valence-electron chi connectivity index (χ3n) is 9.29. The number of furan rings is 2. The molecule has 1 aliphatic carbocycles. The van der Waals surface area contributed by atoms with Crippen molar-refractivity contribution in [3.05, 3.63) is 139 Å². The predicted octanol–water partition coefficient (Wildman–Crippen LogP) is 11.7. The highest BCUT2D eigenvalue weighted by Crippen LogP contribution is 2.48. The van der Waals surface area contributed by atoms with Crippen molar-refractivity contribution in [2.45, 2.75) is 6.42 Å². The number of rotatable bonds is 2. The molecule has 2 heteroatoms. The molecule has 0 N–H and O–H groups in total. The minimum absolute atomic E-state index is 0.910. The number of fused-ring (bicyclic) bond motifs is 10. The van der Waals surface area contributed by atoms with Gasteiger partial charge in [-0.3, -0.25) is 0 Å². The normalized spacial score (nSPS) is 12.9. The molecule has 0 bridgehead atoms. The average molecular weight is 549 g/mol. The summed E-state index contributed by atoms with van der Waals surface area (Å²) in [4.78, 5) is 0. The maximum absolute atomic E-state index is 6.48. The standard InChI is InChI=1S/C41H24O2/c1-3-13-31-29(11-1)38(25-19-21-28-27-10-5-6-17-34(27)42-37(28)23-25)30-12-2-4-14-32(30)39(31)33-16-8-18-35-41(33)40-26-15-7-9-24(26)20-22-36(40)43-35/h1-14,16-23H,15H2. The summed E-state index contributed by atoms with van der Waals surface area (Å²) < 4.78 is 12.8. The Morgan fingerprint density at radius 2 is 1.07 bits per heavy atom. The van der Waals surface area contributed by atoms with Crippen LogP contribution in [0.2, 0.25) is 0 Å². The van der Waals surface area contributed by atoms with Gasteiger partial charge in [-0.25, -0.2) is 0 Å². The number of hydrogen-bond acceptors (Lipinski definition) is 2. The fraction of sp³-hybridized carbons (Fsp3) is 0.0244. The maximum Gasteiger partial charge on any atom is 0.136 e. The smallest absolute Gasteiger partial charge is 0.136 e.